The number of amides is 2. The molecule has 0 aliphatic rings. The van der Waals surface area contributed by atoms with Crippen LogP contribution in [0.25, 0.3) is 0 Å². The summed E-state index contributed by atoms with van der Waals surface area (Å²) in [6.45, 7) is 0. The minimum Gasteiger partial charge on any atom is -0.493 e. The van der Waals surface area contributed by atoms with E-state index in [4.69, 9.17) is 21.1 Å². The van der Waals surface area contributed by atoms with Crippen LogP contribution < -0.4 is 20.3 Å². The highest BCUT2D eigenvalue weighted by atomic mass is 127. The molecular formula is C16H14ClIN2O4. The van der Waals surface area contributed by atoms with Crippen molar-refractivity contribution in [2.24, 2.45) is 0 Å². The molecule has 24 heavy (non-hydrogen) atoms. The van der Waals surface area contributed by atoms with Gasteiger partial charge in [-0.25, -0.2) is 0 Å². The third-order valence-electron chi connectivity index (χ3n) is 3.13. The van der Waals surface area contributed by atoms with E-state index in [9.17, 15) is 9.59 Å². The van der Waals surface area contributed by atoms with Crippen molar-refractivity contribution in [1.29, 1.82) is 0 Å². The maximum Gasteiger partial charge on any atom is 0.271 e. The first-order valence-corrected chi connectivity index (χ1v) is 8.20. The van der Waals surface area contributed by atoms with Crippen LogP contribution in [0, 0.1) is 3.57 Å². The van der Waals surface area contributed by atoms with Crippen molar-refractivity contribution in [1.82, 2.24) is 10.9 Å². The monoisotopic (exact) mass is 460 g/mol. The highest BCUT2D eigenvalue weighted by Crippen LogP contribution is 2.31. The number of ether oxygens (including phenoxy) is 2. The minimum atomic E-state index is -0.510. The highest BCUT2D eigenvalue weighted by molar-refractivity contribution is 14.1. The van der Waals surface area contributed by atoms with E-state index in [2.05, 4.69) is 10.9 Å². The summed E-state index contributed by atoms with van der Waals surface area (Å²) in [4.78, 5) is 24.3. The van der Waals surface area contributed by atoms with Crippen LogP contribution in [0.2, 0.25) is 5.02 Å². The standard InChI is InChI=1S/C16H14ClIN2O4/c1-23-13-7-10(12(18)8-14(13)24-2)16(22)20-19-15(21)9-5-3-4-6-11(9)17/h3-8H,1-2H3,(H,19,21)(H,20,22). The van der Waals surface area contributed by atoms with E-state index < -0.39 is 11.8 Å². The van der Waals surface area contributed by atoms with Gasteiger partial charge in [-0.2, -0.15) is 0 Å². The van der Waals surface area contributed by atoms with Crippen LogP contribution in [0.4, 0.5) is 0 Å². The van der Waals surface area contributed by atoms with Crippen LogP contribution in [-0.2, 0) is 0 Å². The predicted molar refractivity (Wildman–Crippen MR) is 98.6 cm³/mol. The molecule has 0 radical (unpaired) electrons. The minimum absolute atomic E-state index is 0.265. The summed E-state index contributed by atoms with van der Waals surface area (Å²) < 4.78 is 11.0. The Kier molecular flexibility index (Phi) is 6.27. The Hall–Kier alpha value is -2.00. The number of benzene rings is 2. The molecule has 0 unspecified atom stereocenters. The fraction of sp³-hybridized carbons (Fsp3) is 0.125. The van der Waals surface area contributed by atoms with Gasteiger partial charge in [0.25, 0.3) is 11.8 Å². The fourth-order valence-corrected chi connectivity index (χ4v) is 2.83. The Balaban J connectivity index is 2.13. The maximum atomic E-state index is 12.3. The molecular weight excluding hydrogens is 447 g/mol. The Morgan fingerprint density at radius 2 is 1.50 bits per heavy atom. The molecule has 0 aliphatic carbocycles. The summed E-state index contributed by atoms with van der Waals surface area (Å²) in [5.41, 5.74) is 5.29. The first kappa shape index (κ1) is 18.3. The van der Waals surface area contributed by atoms with E-state index in [1.165, 1.54) is 20.3 Å². The van der Waals surface area contributed by atoms with Crippen molar-refractivity contribution >= 4 is 46.0 Å². The van der Waals surface area contributed by atoms with Crippen molar-refractivity contribution in [2.45, 2.75) is 0 Å². The molecule has 2 aromatic rings. The third-order valence-corrected chi connectivity index (χ3v) is 4.35. The molecule has 0 aromatic heterocycles. The number of nitrogens with one attached hydrogen (secondary N) is 2. The lowest BCUT2D eigenvalue weighted by atomic mass is 10.2. The van der Waals surface area contributed by atoms with Crippen LogP contribution in [0.15, 0.2) is 36.4 Å². The van der Waals surface area contributed by atoms with Gasteiger partial charge in [0.05, 0.1) is 30.4 Å². The molecule has 2 N–H and O–H groups in total. The number of hydrogen-bond acceptors (Lipinski definition) is 4. The summed E-state index contributed by atoms with van der Waals surface area (Å²) >= 11 is 7.95. The molecule has 0 saturated heterocycles. The quantitative estimate of drug-likeness (QED) is 0.543. The molecule has 0 saturated carbocycles. The first-order chi connectivity index (χ1) is 11.5. The summed E-state index contributed by atoms with van der Waals surface area (Å²) in [5.74, 6) is -0.0655. The van der Waals surface area contributed by atoms with Gasteiger partial charge in [0, 0.05) is 3.57 Å². The molecule has 0 fully saturated rings. The van der Waals surface area contributed by atoms with Crippen LogP contribution in [0.3, 0.4) is 0 Å². The van der Waals surface area contributed by atoms with Crippen molar-refractivity contribution in [3.8, 4) is 11.5 Å². The Morgan fingerprint density at radius 3 is 2.08 bits per heavy atom. The van der Waals surface area contributed by atoms with E-state index >= 15 is 0 Å². The average Bonchev–Trinajstić information content (AvgIpc) is 2.59. The van der Waals surface area contributed by atoms with Gasteiger partial charge < -0.3 is 9.47 Å². The van der Waals surface area contributed by atoms with E-state index in [1.54, 1.807) is 30.3 Å². The molecule has 2 aromatic carbocycles. The predicted octanol–water partition coefficient (Wildman–Crippen LogP) is 3.04. The van der Waals surface area contributed by atoms with Gasteiger partial charge in [-0.05, 0) is 46.9 Å². The zero-order valence-corrected chi connectivity index (χ0v) is 15.8. The largest absolute Gasteiger partial charge is 0.493 e. The van der Waals surface area contributed by atoms with E-state index in [-0.39, 0.29) is 5.56 Å². The second-order valence-electron chi connectivity index (χ2n) is 4.58. The molecule has 0 heterocycles. The molecule has 0 aliphatic heterocycles. The van der Waals surface area contributed by atoms with Gasteiger partial charge >= 0.3 is 0 Å². The number of hydrogen-bond donors (Lipinski definition) is 2. The van der Waals surface area contributed by atoms with E-state index in [0.29, 0.717) is 25.7 Å². The summed E-state index contributed by atoms with van der Waals surface area (Å²) in [6.07, 6.45) is 0. The van der Waals surface area contributed by atoms with Gasteiger partial charge in [0.15, 0.2) is 11.5 Å². The Labute approximate surface area is 157 Å². The van der Waals surface area contributed by atoms with Crippen LogP contribution in [-0.4, -0.2) is 26.0 Å². The highest BCUT2D eigenvalue weighted by Gasteiger charge is 2.17. The van der Waals surface area contributed by atoms with Crippen molar-refractivity contribution < 1.29 is 19.1 Å². The molecule has 2 amide bonds. The van der Waals surface area contributed by atoms with Gasteiger partial charge in [-0.3, -0.25) is 20.4 Å². The van der Waals surface area contributed by atoms with Crippen molar-refractivity contribution in [2.75, 3.05) is 14.2 Å². The molecule has 6 nitrogen and oxygen atoms in total. The topological polar surface area (TPSA) is 76.7 Å². The van der Waals surface area contributed by atoms with Crippen LogP contribution in [0.1, 0.15) is 20.7 Å². The second kappa shape index (κ2) is 8.20. The summed E-state index contributed by atoms with van der Waals surface area (Å²) in [5, 5.41) is 0.296. The van der Waals surface area contributed by atoms with E-state index in [0.717, 1.165) is 0 Å². The molecule has 126 valence electrons. The number of carbonyl (C=O) groups excluding carboxylic acids is 2. The summed E-state index contributed by atoms with van der Waals surface area (Å²) in [6, 6.07) is 9.75. The van der Waals surface area contributed by atoms with Gasteiger partial charge in [-0.1, -0.05) is 23.7 Å². The van der Waals surface area contributed by atoms with Crippen molar-refractivity contribution in [3.05, 3.63) is 56.1 Å². The van der Waals surface area contributed by atoms with Crippen LogP contribution in [0.5, 0.6) is 11.5 Å². The molecule has 2 rings (SSSR count). The number of hydrazine groups is 1. The number of carbonyl (C=O) groups is 2. The number of methoxy groups -OCH3 is 2. The molecule has 8 heteroatoms. The smallest absolute Gasteiger partial charge is 0.271 e. The lowest BCUT2D eigenvalue weighted by molar-refractivity contribution is 0.0846. The summed E-state index contributed by atoms with van der Waals surface area (Å²) in [7, 11) is 2.99. The number of rotatable bonds is 4. The van der Waals surface area contributed by atoms with E-state index in [1.807, 2.05) is 22.6 Å². The maximum absolute atomic E-state index is 12.3. The zero-order valence-electron chi connectivity index (χ0n) is 12.9. The molecule has 0 bridgehead atoms. The normalized spacial score (nSPS) is 10.0. The lowest BCUT2D eigenvalue weighted by Gasteiger charge is -2.13. The number of halogens is 2. The van der Waals surface area contributed by atoms with Gasteiger partial charge in [0.2, 0.25) is 0 Å². The Bertz CT molecular complexity index is 783. The SMILES string of the molecule is COc1cc(I)c(C(=O)NNC(=O)c2ccccc2Cl)cc1OC. The third kappa shape index (κ3) is 4.09. The van der Waals surface area contributed by atoms with Gasteiger partial charge in [0.1, 0.15) is 0 Å². The zero-order chi connectivity index (χ0) is 17.7. The molecule has 0 spiro atoms. The van der Waals surface area contributed by atoms with Crippen molar-refractivity contribution in [3.63, 3.8) is 0 Å². The average molecular weight is 461 g/mol. The molecule has 0 atom stereocenters. The fourth-order valence-electron chi connectivity index (χ4n) is 1.92. The first-order valence-electron chi connectivity index (χ1n) is 6.74. The van der Waals surface area contributed by atoms with Crippen LogP contribution >= 0.6 is 34.2 Å². The second-order valence-corrected chi connectivity index (χ2v) is 6.14. The Morgan fingerprint density at radius 1 is 0.958 bits per heavy atom. The van der Waals surface area contributed by atoms with Gasteiger partial charge in [-0.15, -0.1) is 0 Å². The lowest BCUT2D eigenvalue weighted by Crippen LogP contribution is -2.42.